The summed E-state index contributed by atoms with van der Waals surface area (Å²) in [7, 11) is 0. The molecule has 2 unspecified atom stereocenters. The van der Waals surface area contributed by atoms with Crippen molar-refractivity contribution in [3.63, 3.8) is 0 Å². The highest BCUT2D eigenvalue weighted by atomic mass is 79.9. The predicted molar refractivity (Wildman–Crippen MR) is 105 cm³/mol. The van der Waals surface area contributed by atoms with Crippen molar-refractivity contribution in [3.05, 3.63) is 11.6 Å². The lowest BCUT2D eigenvalue weighted by molar-refractivity contribution is -0.155. The van der Waals surface area contributed by atoms with Gasteiger partial charge in [-0.25, -0.2) is 0 Å². The van der Waals surface area contributed by atoms with E-state index in [9.17, 15) is 9.59 Å². The number of carbonyl (C=O) groups excluding carboxylic acids is 2. The summed E-state index contributed by atoms with van der Waals surface area (Å²) in [5.41, 5.74) is 1.80. The van der Waals surface area contributed by atoms with Crippen LogP contribution in [0.4, 0.5) is 0 Å². The molecule has 144 valence electrons. The molecule has 4 aliphatic carbocycles. The van der Waals surface area contributed by atoms with Crippen LogP contribution in [0.5, 0.6) is 0 Å². The SMILES string of the molecule is CCC(Br)C(=O)OC1CC(=O)C=C2CC[C@@H]3[C@H](CC[C@]4(C)CCC[C@@H]34)[C@H]21. The molecule has 26 heavy (non-hydrogen) atoms. The van der Waals surface area contributed by atoms with Crippen molar-refractivity contribution in [2.45, 2.75) is 82.6 Å². The molecule has 4 heteroatoms. The Labute approximate surface area is 165 Å². The second-order valence-electron chi connectivity index (χ2n) is 9.32. The Morgan fingerprint density at radius 1 is 1.31 bits per heavy atom. The van der Waals surface area contributed by atoms with Crippen molar-refractivity contribution in [1.29, 1.82) is 0 Å². The van der Waals surface area contributed by atoms with E-state index in [0.717, 1.165) is 18.3 Å². The van der Waals surface area contributed by atoms with Crippen LogP contribution in [0.15, 0.2) is 11.6 Å². The molecule has 0 saturated heterocycles. The van der Waals surface area contributed by atoms with E-state index >= 15 is 0 Å². The number of rotatable bonds is 3. The molecule has 0 aromatic carbocycles. The van der Waals surface area contributed by atoms with E-state index in [1.54, 1.807) is 0 Å². The average molecular weight is 423 g/mol. The van der Waals surface area contributed by atoms with Crippen molar-refractivity contribution >= 4 is 27.7 Å². The van der Waals surface area contributed by atoms with Crippen LogP contribution >= 0.6 is 15.9 Å². The van der Waals surface area contributed by atoms with Gasteiger partial charge in [0, 0.05) is 12.3 Å². The number of carbonyl (C=O) groups is 2. The summed E-state index contributed by atoms with van der Waals surface area (Å²) in [4.78, 5) is 24.4. The quantitative estimate of drug-likeness (QED) is 0.462. The molecule has 0 aromatic rings. The normalized spacial score (nSPS) is 43.0. The van der Waals surface area contributed by atoms with Crippen LogP contribution in [0.1, 0.15) is 71.6 Å². The highest BCUT2D eigenvalue weighted by Crippen LogP contribution is 2.61. The maximum atomic E-state index is 12.4. The van der Waals surface area contributed by atoms with Crippen molar-refractivity contribution in [3.8, 4) is 0 Å². The van der Waals surface area contributed by atoms with E-state index in [-0.39, 0.29) is 28.6 Å². The fourth-order valence-electron chi connectivity index (χ4n) is 6.72. The summed E-state index contributed by atoms with van der Waals surface area (Å²) in [5, 5.41) is 0. The number of halogens is 1. The minimum absolute atomic E-state index is 0.136. The van der Waals surface area contributed by atoms with Crippen LogP contribution in [0.25, 0.3) is 0 Å². The Hall–Kier alpha value is -0.640. The van der Waals surface area contributed by atoms with Crippen LogP contribution in [-0.4, -0.2) is 22.7 Å². The Bertz CT molecular complexity index is 627. The topological polar surface area (TPSA) is 43.4 Å². The number of hydrogen-bond donors (Lipinski definition) is 0. The summed E-state index contributed by atoms with van der Waals surface area (Å²) >= 11 is 3.41. The zero-order chi connectivity index (χ0) is 18.5. The lowest BCUT2D eigenvalue weighted by Crippen LogP contribution is -2.49. The van der Waals surface area contributed by atoms with E-state index in [2.05, 4.69) is 22.9 Å². The minimum atomic E-state index is -0.268. The Kier molecular flexibility index (Phi) is 5.09. The number of hydrogen-bond acceptors (Lipinski definition) is 3. The standard InChI is InChI=1S/C22H31BrO3/c1-3-18(23)21(25)26-19-12-14(24)11-13-6-7-15-16(20(13)19)8-10-22(2)9-4-5-17(15)22/h11,15-20H,3-10,12H2,1-2H3/t15-,16+,17+,18?,19?,20+,22+/m1/s1. The first-order valence-corrected chi connectivity index (χ1v) is 11.4. The highest BCUT2D eigenvalue weighted by molar-refractivity contribution is 9.10. The van der Waals surface area contributed by atoms with Crippen LogP contribution in [0.3, 0.4) is 0 Å². The molecule has 7 atom stereocenters. The van der Waals surface area contributed by atoms with E-state index in [4.69, 9.17) is 4.74 Å². The molecular formula is C22H31BrO3. The van der Waals surface area contributed by atoms with E-state index < -0.39 is 0 Å². The smallest absolute Gasteiger partial charge is 0.320 e. The van der Waals surface area contributed by atoms with Crippen molar-refractivity contribution in [1.82, 2.24) is 0 Å². The molecule has 3 fully saturated rings. The Morgan fingerprint density at radius 2 is 2.12 bits per heavy atom. The monoisotopic (exact) mass is 422 g/mol. The number of ether oxygens (including phenoxy) is 1. The number of fused-ring (bicyclic) bond motifs is 5. The molecule has 4 aliphatic rings. The summed E-state index contributed by atoms with van der Waals surface area (Å²) in [6.07, 6.45) is 11.6. The molecule has 4 rings (SSSR count). The van der Waals surface area contributed by atoms with Gasteiger partial charge in [0.1, 0.15) is 10.9 Å². The fourth-order valence-corrected chi connectivity index (χ4v) is 6.83. The van der Waals surface area contributed by atoms with E-state index in [0.29, 0.717) is 24.2 Å². The lowest BCUT2D eigenvalue weighted by atomic mass is 9.52. The third kappa shape index (κ3) is 3.10. The summed E-state index contributed by atoms with van der Waals surface area (Å²) < 4.78 is 5.92. The van der Waals surface area contributed by atoms with Gasteiger partial charge in [-0.15, -0.1) is 0 Å². The molecule has 0 aromatic heterocycles. The first-order valence-electron chi connectivity index (χ1n) is 10.5. The molecule has 0 heterocycles. The second-order valence-corrected chi connectivity index (χ2v) is 10.4. The van der Waals surface area contributed by atoms with Gasteiger partial charge in [0.2, 0.25) is 0 Å². The zero-order valence-electron chi connectivity index (χ0n) is 16.0. The lowest BCUT2D eigenvalue weighted by Gasteiger charge is -2.54. The first-order chi connectivity index (χ1) is 12.4. The molecule has 0 amide bonds. The predicted octanol–water partition coefficient (Wildman–Crippen LogP) is 5.21. The third-order valence-electron chi connectivity index (χ3n) is 7.96. The molecule has 0 radical (unpaired) electrons. The van der Waals surface area contributed by atoms with Gasteiger partial charge < -0.3 is 4.74 Å². The number of ketones is 1. The van der Waals surface area contributed by atoms with Crippen LogP contribution in [-0.2, 0) is 14.3 Å². The first kappa shape index (κ1) is 18.7. The molecule has 3 saturated carbocycles. The maximum absolute atomic E-state index is 12.4. The average Bonchev–Trinajstić information content (AvgIpc) is 3.02. The second kappa shape index (κ2) is 7.07. The van der Waals surface area contributed by atoms with E-state index in [1.165, 1.54) is 44.1 Å². The Balaban J connectivity index is 1.59. The zero-order valence-corrected chi connectivity index (χ0v) is 17.6. The summed E-state index contributed by atoms with van der Waals surface area (Å²) in [6, 6.07) is 0. The molecular weight excluding hydrogens is 392 g/mol. The van der Waals surface area contributed by atoms with Crippen molar-refractivity contribution in [2.24, 2.45) is 29.1 Å². The maximum Gasteiger partial charge on any atom is 0.320 e. The molecule has 0 spiro atoms. The number of esters is 1. The van der Waals surface area contributed by atoms with Gasteiger partial charge in [-0.1, -0.05) is 41.8 Å². The third-order valence-corrected chi connectivity index (χ3v) is 8.98. The van der Waals surface area contributed by atoms with Crippen LogP contribution in [0, 0.1) is 29.1 Å². The molecule has 0 aliphatic heterocycles. The number of alkyl halides is 1. The van der Waals surface area contributed by atoms with Crippen LogP contribution in [0.2, 0.25) is 0 Å². The van der Waals surface area contributed by atoms with Gasteiger partial charge in [-0.05, 0) is 74.2 Å². The van der Waals surface area contributed by atoms with Crippen molar-refractivity contribution in [2.75, 3.05) is 0 Å². The van der Waals surface area contributed by atoms with Gasteiger partial charge in [-0.3, -0.25) is 9.59 Å². The summed E-state index contributed by atoms with van der Waals surface area (Å²) in [6.45, 7) is 4.47. The minimum Gasteiger partial charge on any atom is -0.460 e. The van der Waals surface area contributed by atoms with Gasteiger partial charge >= 0.3 is 5.97 Å². The molecule has 3 nitrogen and oxygen atoms in total. The Morgan fingerprint density at radius 3 is 2.88 bits per heavy atom. The fraction of sp³-hybridized carbons (Fsp3) is 0.818. The molecule has 0 bridgehead atoms. The van der Waals surface area contributed by atoms with Gasteiger partial charge in [0.15, 0.2) is 5.78 Å². The van der Waals surface area contributed by atoms with Gasteiger partial charge in [-0.2, -0.15) is 0 Å². The molecule has 0 N–H and O–H groups in total. The largest absolute Gasteiger partial charge is 0.460 e. The van der Waals surface area contributed by atoms with Gasteiger partial charge in [0.05, 0.1) is 0 Å². The summed E-state index contributed by atoms with van der Waals surface area (Å²) in [5.74, 6) is 2.38. The van der Waals surface area contributed by atoms with Crippen LogP contribution < -0.4 is 0 Å². The van der Waals surface area contributed by atoms with Gasteiger partial charge in [0.25, 0.3) is 0 Å². The van der Waals surface area contributed by atoms with Crippen molar-refractivity contribution < 1.29 is 14.3 Å². The van der Waals surface area contributed by atoms with E-state index in [1.807, 2.05) is 13.0 Å². The highest BCUT2D eigenvalue weighted by Gasteiger charge is 2.54.